The first-order valence-corrected chi connectivity index (χ1v) is 5.37. The Morgan fingerprint density at radius 1 is 1.56 bits per heavy atom. The number of esters is 1. The predicted octanol–water partition coefficient (Wildman–Crippen LogP) is 1.67. The van der Waals surface area contributed by atoms with Crippen molar-refractivity contribution in [3.8, 4) is 0 Å². The summed E-state index contributed by atoms with van der Waals surface area (Å²) in [5, 5.41) is 3.20. The van der Waals surface area contributed by atoms with E-state index in [1.165, 1.54) is 7.11 Å². The van der Waals surface area contributed by atoms with E-state index in [1.54, 1.807) is 0 Å². The second kappa shape index (κ2) is 6.27. The van der Waals surface area contributed by atoms with E-state index >= 15 is 0 Å². The van der Waals surface area contributed by atoms with Gasteiger partial charge in [0.05, 0.1) is 13.5 Å². The Kier molecular flexibility index (Phi) is 4.98. The number of halogens is 1. The minimum absolute atomic E-state index is 0.208. The maximum Gasteiger partial charge on any atom is 0.307 e. The van der Waals surface area contributed by atoms with E-state index in [1.807, 2.05) is 13.0 Å². The van der Waals surface area contributed by atoms with Crippen LogP contribution in [0.3, 0.4) is 0 Å². The predicted molar refractivity (Wildman–Crippen MR) is 61.5 cm³/mol. The minimum Gasteiger partial charge on any atom is -0.469 e. The third-order valence-corrected chi connectivity index (χ3v) is 2.15. The van der Waals surface area contributed by atoms with Gasteiger partial charge in [0.2, 0.25) is 5.28 Å². The number of hydrogen-bond acceptors (Lipinski definition) is 5. The van der Waals surface area contributed by atoms with Crippen LogP contribution in [0.15, 0.2) is 6.07 Å². The lowest BCUT2D eigenvalue weighted by atomic mass is 10.3. The summed E-state index contributed by atoms with van der Waals surface area (Å²) >= 11 is 5.74. The second-order valence-electron chi connectivity index (χ2n) is 3.12. The molecule has 0 atom stereocenters. The molecule has 0 aliphatic carbocycles. The van der Waals surface area contributed by atoms with Crippen LogP contribution in [-0.2, 0) is 16.0 Å². The van der Waals surface area contributed by atoms with Gasteiger partial charge < -0.3 is 10.1 Å². The maximum atomic E-state index is 10.9. The lowest BCUT2D eigenvalue weighted by molar-refractivity contribution is -0.140. The van der Waals surface area contributed by atoms with Gasteiger partial charge in [0, 0.05) is 18.3 Å². The summed E-state index contributed by atoms with van der Waals surface area (Å²) < 4.78 is 4.52. The molecule has 1 N–H and O–H groups in total. The van der Waals surface area contributed by atoms with Crippen LogP contribution in [0.1, 0.15) is 19.0 Å². The highest BCUT2D eigenvalue weighted by atomic mass is 35.5. The van der Waals surface area contributed by atoms with Crippen molar-refractivity contribution in [1.82, 2.24) is 9.97 Å². The smallest absolute Gasteiger partial charge is 0.307 e. The van der Waals surface area contributed by atoms with Gasteiger partial charge in [-0.1, -0.05) is 6.92 Å². The Morgan fingerprint density at radius 2 is 2.31 bits per heavy atom. The molecule has 0 aromatic carbocycles. The van der Waals surface area contributed by atoms with Gasteiger partial charge in [-0.15, -0.1) is 0 Å². The summed E-state index contributed by atoms with van der Waals surface area (Å²) in [4.78, 5) is 18.9. The van der Waals surface area contributed by atoms with E-state index < -0.39 is 0 Å². The van der Waals surface area contributed by atoms with Crippen LogP contribution in [0.5, 0.6) is 0 Å². The highest BCUT2D eigenvalue weighted by Gasteiger charge is 2.03. The first-order valence-electron chi connectivity index (χ1n) is 5.00. The van der Waals surface area contributed by atoms with E-state index in [0.717, 1.165) is 12.1 Å². The fraction of sp³-hybridized carbons (Fsp3) is 0.500. The van der Waals surface area contributed by atoms with E-state index in [2.05, 4.69) is 20.0 Å². The number of nitrogens with one attached hydrogen (secondary N) is 1. The number of carbonyl (C=O) groups is 1. The highest BCUT2D eigenvalue weighted by molar-refractivity contribution is 6.28. The molecule has 5 nitrogen and oxygen atoms in total. The van der Waals surface area contributed by atoms with E-state index in [9.17, 15) is 4.79 Å². The zero-order valence-corrected chi connectivity index (χ0v) is 10.0. The molecule has 1 rings (SSSR count). The summed E-state index contributed by atoms with van der Waals surface area (Å²) in [5.74, 6) is 0.365. The van der Waals surface area contributed by atoms with Crippen LogP contribution in [-0.4, -0.2) is 29.6 Å². The number of rotatable bonds is 5. The molecule has 0 saturated heterocycles. The van der Waals surface area contributed by atoms with Crippen molar-refractivity contribution in [2.45, 2.75) is 19.8 Å². The number of aromatic nitrogens is 2. The van der Waals surface area contributed by atoms with E-state index in [0.29, 0.717) is 18.8 Å². The molecule has 0 unspecified atom stereocenters. The summed E-state index contributed by atoms with van der Waals surface area (Å²) in [6, 6.07) is 1.81. The van der Waals surface area contributed by atoms with Crippen molar-refractivity contribution >= 4 is 23.4 Å². The van der Waals surface area contributed by atoms with Gasteiger partial charge in [-0.25, -0.2) is 9.97 Å². The summed E-state index contributed by atoms with van der Waals surface area (Å²) in [5.41, 5.74) is 0.862. The molecule has 16 heavy (non-hydrogen) atoms. The van der Waals surface area contributed by atoms with Crippen molar-refractivity contribution in [2.24, 2.45) is 0 Å². The summed E-state index contributed by atoms with van der Waals surface area (Å²) in [6.07, 6.45) is 1.08. The molecule has 0 spiro atoms. The van der Waals surface area contributed by atoms with Crippen LogP contribution in [0.4, 0.5) is 5.82 Å². The van der Waals surface area contributed by atoms with Crippen LogP contribution in [0.2, 0.25) is 5.28 Å². The van der Waals surface area contributed by atoms with Gasteiger partial charge in [-0.3, -0.25) is 4.79 Å². The molecular formula is C10H14ClN3O2. The first-order chi connectivity index (χ1) is 7.65. The number of methoxy groups -OCH3 is 1. The molecule has 0 bridgehead atoms. The molecule has 0 aliphatic rings. The molecule has 0 radical (unpaired) electrons. The largest absolute Gasteiger partial charge is 0.469 e. The molecule has 0 aliphatic heterocycles. The lowest BCUT2D eigenvalue weighted by Crippen LogP contribution is -2.11. The van der Waals surface area contributed by atoms with Gasteiger partial charge in [0.25, 0.3) is 0 Å². The molecule has 88 valence electrons. The Bertz CT molecular complexity index is 371. The fourth-order valence-electron chi connectivity index (χ4n) is 1.13. The van der Waals surface area contributed by atoms with Crippen LogP contribution in [0, 0.1) is 0 Å². The first kappa shape index (κ1) is 12.7. The zero-order valence-electron chi connectivity index (χ0n) is 9.29. The van der Waals surface area contributed by atoms with E-state index in [4.69, 9.17) is 11.6 Å². The average Bonchev–Trinajstić information content (AvgIpc) is 2.28. The number of aryl methyl sites for hydroxylation is 1. The molecule has 0 fully saturated rings. The maximum absolute atomic E-state index is 10.9. The third kappa shape index (κ3) is 4.02. The Hall–Kier alpha value is -1.36. The Balaban J connectivity index is 2.53. The minimum atomic E-state index is -0.261. The average molecular weight is 244 g/mol. The molecule has 0 amide bonds. The van der Waals surface area contributed by atoms with E-state index in [-0.39, 0.29) is 11.3 Å². The molecule has 6 heteroatoms. The Labute approximate surface area is 99.2 Å². The normalized spacial score (nSPS) is 9.94. The number of anilines is 1. The second-order valence-corrected chi connectivity index (χ2v) is 3.46. The lowest BCUT2D eigenvalue weighted by Gasteiger charge is -2.06. The summed E-state index contributed by atoms with van der Waals surface area (Å²) in [7, 11) is 1.36. The van der Waals surface area contributed by atoms with Gasteiger partial charge >= 0.3 is 5.97 Å². The molecule has 0 saturated carbocycles. The van der Waals surface area contributed by atoms with Crippen molar-refractivity contribution in [1.29, 1.82) is 0 Å². The molecular weight excluding hydrogens is 230 g/mol. The molecule has 1 heterocycles. The fourth-order valence-corrected chi connectivity index (χ4v) is 1.33. The van der Waals surface area contributed by atoms with Crippen LogP contribution >= 0.6 is 11.6 Å². The van der Waals surface area contributed by atoms with Crippen molar-refractivity contribution < 1.29 is 9.53 Å². The van der Waals surface area contributed by atoms with Crippen molar-refractivity contribution in [2.75, 3.05) is 19.0 Å². The van der Waals surface area contributed by atoms with Crippen LogP contribution in [0.25, 0.3) is 0 Å². The van der Waals surface area contributed by atoms with Gasteiger partial charge in [0.15, 0.2) is 0 Å². The SMILES string of the molecule is CCc1cc(NCCC(=O)OC)nc(Cl)n1. The van der Waals surface area contributed by atoms with Crippen LogP contribution < -0.4 is 5.32 Å². The zero-order chi connectivity index (χ0) is 12.0. The molecule has 1 aromatic heterocycles. The number of carbonyl (C=O) groups excluding carboxylic acids is 1. The highest BCUT2D eigenvalue weighted by Crippen LogP contribution is 2.10. The quantitative estimate of drug-likeness (QED) is 0.630. The standard InChI is InChI=1S/C10H14ClN3O2/c1-3-7-6-8(14-10(11)13-7)12-5-4-9(15)16-2/h6H,3-5H2,1-2H3,(H,12,13,14). The number of nitrogens with zero attached hydrogens (tertiary/aromatic N) is 2. The van der Waals surface area contributed by atoms with Gasteiger partial charge in [0.1, 0.15) is 5.82 Å². The Morgan fingerprint density at radius 3 is 2.94 bits per heavy atom. The monoisotopic (exact) mass is 243 g/mol. The van der Waals surface area contributed by atoms with Gasteiger partial charge in [-0.2, -0.15) is 0 Å². The summed E-state index contributed by atoms with van der Waals surface area (Å²) in [6.45, 7) is 2.44. The number of hydrogen-bond donors (Lipinski definition) is 1. The van der Waals surface area contributed by atoms with Crippen molar-refractivity contribution in [3.05, 3.63) is 17.0 Å². The third-order valence-electron chi connectivity index (χ3n) is 1.98. The van der Waals surface area contributed by atoms with Crippen molar-refractivity contribution in [3.63, 3.8) is 0 Å². The topological polar surface area (TPSA) is 64.1 Å². The van der Waals surface area contributed by atoms with Gasteiger partial charge in [-0.05, 0) is 18.0 Å². The number of ether oxygens (including phenoxy) is 1. The molecule has 1 aromatic rings.